The molecule has 0 aliphatic carbocycles. The Kier molecular flexibility index (Phi) is 6.76. The van der Waals surface area contributed by atoms with Crippen LogP contribution in [-0.2, 0) is 38.1 Å². The number of hydrogen-bond acceptors (Lipinski definition) is 8. The van der Waals surface area contributed by atoms with Crippen LogP contribution in [0.5, 0.6) is 0 Å². The summed E-state index contributed by atoms with van der Waals surface area (Å²) in [5.41, 5.74) is 0. The number of esters is 3. The zero-order valence-electron chi connectivity index (χ0n) is 13.4. The van der Waals surface area contributed by atoms with Gasteiger partial charge < -0.3 is 23.7 Å². The van der Waals surface area contributed by atoms with Crippen molar-refractivity contribution in [3.8, 4) is 0 Å². The van der Waals surface area contributed by atoms with Crippen LogP contribution in [0.4, 0.5) is 0 Å². The molecule has 5 atom stereocenters. The van der Waals surface area contributed by atoms with Gasteiger partial charge in [0.2, 0.25) is 0 Å². The van der Waals surface area contributed by atoms with E-state index < -0.39 is 42.5 Å². The van der Waals surface area contributed by atoms with Gasteiger partial charge in [0.1, 0.15) is 18.8 Å². The van der Waals surface area contributed by atoms with Crippen LogP contribution in [0.25, 0.3) is 0 Å². The average molecular weight is 318 g/mol. The van der Waals surface area contributed by atoms with Gasteiger partial charge in [0.05, 0.1) is 0 Å². The molecule has 1 fully saturated rings. The number of carbonyl (C=O) groups is 3. The van der Waals surface area contributed by atoms with Crippen LogP contribution in [0.1, 0.15) is 27.7 Å². The summed E-state index contributed by atoms with van der Waals surface area (Å²) in [5, 5.41) is 0. The SMILES string of the molecule is CO[C@@H]1OC(COC(C)=O)[C@@H](C)[C@H](OC(C)=O)C1OC(C)=O. The molecule has 22 heavy (non-hydrogen) atoms. The first-order valence-electron chi connectivity index (χ1n) is 6.92. The highest BCUT2D eigenvalue weighted by Gasteiger charge is 2.48. The van der Waals surface area contributed by atoms with Crippen LogP contribution in [0, 0.1) is 5.92 Å². The highest BCUT2D eigenvalue weighted by molar-refractivity contribution is 5.67. The largest absolute Gasteiger partial charge is 0.463 e. The summed E-state index contributed by atoms with van der Waals surface area (Å²) in [6, 6.07) is 0. The van der Waals surface area contributed by atoms with Crippen LogP contribution in [0.3, 0.4) is 0 Å². The molecule has 0 bridgehead atoms. The van der Waals surface area contributed by atoms with Crippen molar-refractivity contribution >= 4 is 17.9 Å². The smallest absolute Gasteiger partial charge is 0.303 e. The quantitative estimate of drug-likeness (QED) is 0.531. The van der Waals surface area contributed by atoms with Gasteiger partial charge in [-0.25, -0.2) is 0 Å². The maximum Gasteiger partial charge on any atom is 0.303 e. The molecule has 0 N–H and O–H groups in total. The van der Waals surface area contributed by atoms with Crippen molar-refractivity contribution in [2.24, 2.45) is 5.92 Å². The van der Waals surface area contributed by atoms with Crippen LogP contribution in [-0.4, -0.2) is 56.2 Å². The van der Waals surface area contributed by atoms with Crippen molar-refractivity contribution in [1.82, 2.24) is 0 Å². The van der Waals surface area contributed by atoms with E-state index in [1.54, 1.807) is 6.92 Å². The molecule has 1 rings (SSSR count). The number of methoxy groups -OCH3 is 1. The number of hydrogen-bond donors (Lipinski definition) is 0. The lowest BCUT2D eigenvalue weighted by atomic mass is 9.90. The maximum atomic E-state index is 11.3. The standard InChI is InChI=1S/C14H22O8/c1-7-11(6-19-8(2)15)22-14(18-5)13(21-10(4)17)12(7)20-9(3)16/h7,11-14H,6H2,1-5H3/t7-,11?,12+,13?,14-/m1/s1. The van der Waals surface area contributed by atoms with Crippen LogP contribution >= 0.6 is 0 Å². The van der Waals surface area contributed by atoms with Crippen molar-refractivity contribution in [3.63, 3.8) is 0 Å². The van der Waals surface area contributed by atoms with Gasteiger partial charge in [0, 0.05) is 33.8 Å². The van der Waals surface area contributed by atoms with Crippen molar-refractivity contribution in [1.29, 1.82) is 0 Å². The van der Waals surface area contributed by atoms with Gasteiger partial charge in [-0.1, -0.05) is 6.92 Å². The fourth-order valence-corrected chi connectivity index (χ4v) is 2.30. The Hall–Kier alpha value is -1.67. The van der Waals surface area contributed by atoms with E-state index in [1.165, 1.54) is 27.9 Å². The van der Waals surface area contributed by atoms with Gasteiger partial charge in [-0.2, -0.15) is 0 Å². The molecule has 0 spiro atoms. The van der Waals surface area contributed by atoms with E-state index in [4.69, 9.17) is 23.7 Å². The molecule has 1 heterocycles. The molecule has 1 saturated heterocycles. The Morgan fingerprint density at radius 3 is 1.95 bits per heavy atom. The first-order chi connectivity index (χ1) is 10.3. The zero-order chi connectivity index (χ0) is 16.9. The predicted octanol–water partition coefficient (Wildman–Crippen LogP) is 0.420. The minimum atomic E-state index is -0.926. The second-order valence-electron chi connectivity index (χ2n) is 5.09. The second kappa shape index (κ2) is 8.09. The van der Waals surface area contributed by atoms with Gasteiger partial charge in [-0.15, -0.1) is 0 Å². The first kappa shape index (κ1) is 18.4. The normalized spacial score (nSPS) is 31.2. The van der Waals surface area contributed by atoms with Crippen molar-refractivity contribution < 1.29 is 38.1 Å². The van der Waals surface area contributed by atoms with Crippen LogP contribution in [0.15, 0.2) is 0 Å². The molecule has 0 aromatic heterocycles. The summed E-state index contributed by atoms with van der Waals surface area (Å²) >= 11 is 0. The molecule has 0 radical (unpaired) electrons. The van der Waals surface area contributed by atoms with E-state index >= 15 is 0 Å². The monoisotopic (exact) mass is 318 g/mol. The summed E-state index contributed by atoms with van der Waals surface area (Å²) in [6.45, 7) is 5.53. The molecule has 126 valence electrons. The lowest BCUT2D eigenvalue weighted by Crippen LogP contribution is -2.58. The van der Waals surface area contributed by atoms with E-state index in [1.807, 2.05) is 0 Å². The summed E-state index contributed by atoms with van der Waals surface area (Å²) < 4.78 is 26.2. The molecule has 0 aromatic carbocycles. The molecule has 2 unspecified atom stereocenters. The van der Waals surface area contributed by atoms with Gasteiger partial charge >= 0.3 is 17.9 Å². The van der Waals surface area contributed by atoms with Crippen molar-refractivity contribution in [2.45, 2.75) is 52.3 Å². The van der Waals surface area contributed by atoms with E-state index in [-0.39, 0.29) is 12.5 Å². The predicted molar refractivity (Wildman–Crippen MR) is 72.6 cm³/mol. The fourth-order valence-electron chi connectivity index (χ4n) is 2.30. The summed E-state index contributed by atoms with van der Waals surface area (Å²) in [5.74, 6) is -1.87. The fraction of sp³-hybridized carbons (Fsp3) is 0.786. The van der Waals surface area contributed by atoms with Crippen molar-refractivity contribution in [3.05, 3.63) is 0 Å². The Morgan fingerprint density at radius 1 is 0.955 bits per heavy atom. The summed E-state index contributed by atoms with van der Waals surface area (Å²) in [7, 11) is 1.38. The molecular weight excluding hydrogens is 296 g/mol. The third-order valence-corrected chi connectivity index (χ3v) is 3.29. The molecule has 8 nitrogen and oxygen atoms in total. The van der Waals surface area contributed by atoms with E-state index in [9.17, 15) is 14.4 Å². The van der Waals surface area contributed by atoms with Crippen LogP contribution < -0.4 is 0 Å². The van der Waals surface area contributed by atoms with E-state index in [0.29, 0.717) is 0 Å². The van der Waals surface area contributed by atoms with Gasteiger partial charge in [0.15, 0.2) is 12.4 Å². The maximum absolute atomic E-state index is 11.3. The first-order valence-corrected chi connectivity index (χ1v) is 6.92. The molecular formula is C14H22O8. The zero-order valence-corrected chi connectivity index (χ0v) is 13.4. The van der Waals surface area contributed by atoms with Gasteiger partial charge in [-0.05, 0) is 0 Å². The average Bonchev–Trinajstić information content (AvgIpc) is 2.41. The number of rotatable bonds is 5. The van der Waals surface area contributed by atoms with Crippen molar-refractivity contribution in [2.75, 3.05) is 13.7 Å². The van der Waals surface area contributed by atoms with E-state index in [2.05, 4.69) is 0 Å². The summed E-state index contributed by atoms with van der Waals surface area (Å²) in [6.07, 6.45) is -3.13. The molecule has 8 heteroatoms. The van der Waals surface area contributed by atoms with E-state index in [0.717, 1.165) is 0 Å². The van der Waals surface area contributed by atoms with Crippen LogP contribution in [0.2, 0.25) is 0 Å². The molecule has 1 aliphatic heterocycles. The Balaban J connectivity index is 2.95. The summed E-state index contributed by atoms with van der Waals surface area (Å²) in [4.78, 5) is 33.5. The van der Waals surface area contributed by atoms with Gasteiger partial charge in [0.25, 0.3) is 0 Å². The number of carbonyl (C=O) groups excluding carboxylic acids is 3. The van der Waals surface area contributed by atoms with Gasteiger partial charge in [-0.3, -0.25) is 14.4 Å². The third-order valence-electron chi connectivity index (χ3n) is 3.29. The molecule has 0 aromatic rings. The Labute approximate surface area is 129 Å². The minimum absolute atomic E-state index is 0.0130. The topological polar surface area (TPSA) is 97.4 Å². The Morgan fingerprint density at radius 2 is 1.50 bits per heavy atom. The molecule has 0 saturated carbocycles. The third kappa shape index (κ3) is 4.96. The molecule has 1 aliphatic rings. The second-order valence-corrected chi connectivity index (χ2v) is 5.09. The minimum Gasteiger partial charge on any atom is -0.463 e. The lowest BCUT2D eigenvalue weighted by molar-refractivity contribution is -0.288. The Bertz CT molecular complexity index is 421. The highest BCUT2D eigenvalue weighted by Crippen LogP contribution is 2.31. The molecule has 0 amide bonds. The number of ether oxygens (including phenoxy) is 5. The lowest BCUT2D eigenvalue weighted by Gasteiger charge is -2.43. The highest BCUT2D eigenvalue weighted by atomic mass is 16.7.